The van der Waals surface area contributed by atoms with Crippen LogP contribution in [0.3, 0.4) is 0 Å². The van der Waals surface area contributed by atoms with Crippen LogP contribution in [0.5, 0.6) is 0 Å². The topological polar surface area (TPSA) is 92.8 Å². The summed E-state index contributed by atoms with van der Waals surface area (Å²) in [6, 6.07) is 6.15. The number of methoxy groups -OCH3 is 1. The highest BCUT2D eigenvalue weighted by atomic mass is 32.2. The molecular formula is C17H22N2O5S. The lowest BCUT2D eigenvalue weighted by Crippen LogP contribution is -2.40. The number of piperidine rings is 1. The summed E-state index contributed by atoms with van der Waals surface area (Å²) < 4.78 is 31.8. The van der Waals surface area contributed by atoms with Crippen LogP contribution in [0.15, 0.2) is 29.2 Å². The molecule has 1 aliphatic heterocycles. The summed E-state index contributed by atoms with van der Waals surface area (Å²) in [4.78, 5) is 22.9. The molecule has 8 heteroatoms. The van der Waals surface area contributed by atoms with Crippen LogP contribution in [0, 0.1) is 11.3 Å². The molecule has 1 aromatic rings. The van der Waals surface area contributed by atoms with E-state index in [1.54, 1.807) is 12.1 Å². The molecule has 1 amide bonds. The van der Waals surface area contributed by atoms with Gasteiger partial charge in [-0.15, -0.1) is 0 Å². The number of amides is 1. The van der Waals surface area contributed by atoms with Crippen molar-refractivity contribution in [3.63, 3.8) is 0 Å². The minimum absolute atomic E-state index is 0.0750. The Morgan fingerprint density at radius 3 is 2.32 bits per heavy atom. The van der Waals surface area contributed by atoms with Gasteiger partial charge in [-0.25, -0.2) is 8.42 Å². The maximum Gasteiger partial charge on any atom is 0.309 e. The second-order valence-corrected chi connectivity index (χ2v) is 8.69. The fourth-order valence-electron chi connectivity index (χ4n) is 3.61. The molecule has 136 valence electrons. The van der Waals surface area contributed by atoms with Crippen LogP contribution in [-0.2, 0) is 24.3 Å². The van der Waals surface area contributed by atoms with Crippen molar-refractivity contribution in [1.29, 1.82) is 0 Å². The predicted molar refractivity (Wildman–Crippen MR) is 91.3 cm³/mol. The number of carbonyl (C=O) groups is 2. The fraction of sp³-hybridized carbons (Fsp3) is 0.529. The third-order valence-corrected chi connectivity index (χ3v) is 7.12. The summed E-state index contributed by atoms with van der Waals surface area (Å²) in [5.41, 5.74) is 0.483. The molecule has 2 fully saturated rings. The van der Waals surface area contributed by atoms with E-state index >= 15 is 0 Å². The Balaban J connectivity index is 1.66. The van der Waals surface area contributed by atoms with E-state index in [0.717, 1.165) is 6.42 Å². The van der Waals surface area contributed by atoms with Gasteiger partial charge in [0.05, 0.1) is 17.9 Å². The van der Waals surface area contributed by atoms with Gasteiger partial charge in [0.15, 0.2) is 0 Å². The average Bonchev–Trinajstić information content (AvgIpc) is 3.28. The van der Waals surface area contributed by atoms with E-state index in [4.69, 9.17) is 4.74 Å². The van der Waals surface area contributed by atoms with Crippen molar-refractivity contribution in [2.75, 3.05) is 25.5 Å². The van der Waals surface area contributed by atoms with Crippen molar-refractivity contribution >= 4 is 27.6 Å². The number of nitrogens with zero attached hydrogens (tertiary/aromatic N) is 1. The Labute approximate surface area is 147 Å². The molecule has 1 aromatic carbocycles. The van der Waals surface area contributed by atoms with Crippen LogP contribution in [0.4, 0.5) is 5.69 Å². The SMILES string of the molecule is COC(=O)[C@H]1CC12CCN(S(=O)(=O)c1ccc(NC(C)=O)cc1)CC2. The van der Waals surface area contributed by atoms with Crippen molar-refractivity contribution in [3.05, 3.63) is 24.3 Å². The molecule has 1 heterocycles. The van der Waals surface area contributed by atoms with E-state index in [-0.39, 0.29) is 28.1 Å². The molecule has 0 radical (unpaired) electrons. The molecule has 0 aromatic heterocycles. The number of hydrogen-bond acceptors (Lipinski definition) is 5. The average molecular weight is 366 g/mol. The minimum atomic E-state index is -3.57. The van der Waals surface area contributed by atoms with E-state index in [2.05, 4.69) is 5.32 Å². The Kier molecular flexibility index (Phi) is 4.59. The summed E-state index contributed by atoms with van der Waals surface area (Å²) >= 11 is 0. The maximum atomic E-state index is 12.8. The van der Waals surface area contributed by atoms with Gasteiger partial charge < -0.3 is 10.1 Å². The molecule has 1 saturated heterocycles. The third-order valence-electron chi connectivity index (χ3n) is 5.21. The monoisotopic (exact) mass is 366 g/mol. The zero-order chi connectivity index (χ0) is 18.2. The second-order valence-electron chi connectivity index (χ2n) is 6.75. The van der Waals surface area contributed by atoms with Crippen molar-refractivity contribution in [2.24, 2.45) is 11.3 Å². The Hall–Kier alpha value is -1.93. The lowest BCUT2D eigenvalue weighted by atomic mass is 9.92. The van der Waals surface area contributed by atoms with Crippen LogP contribution < -0.4 is 5.32 Å². The van der Waals surface area contributed by atoms with Gasteiger partial charge in [0.2, 0.25) is 15.9 Å². The number of rotatable bonds is 4. The quantitative estimate of drug-likeness (QED) is 0.817. The van der Waals surface area contributed by atoms with Gasteiger partial charge in [-0.3, -0.25) is 9.59 Å². The number of nitrogens with one attached hydrogen (secondary N) is 1. The minimum Gasteiger partial charge on any atom is -0.469 e. The van der Waals surface area contributed by atoms with Crippen LogP contribution >= 0.6 is 0 Å². The zero-order valence-electron chi connectivity index (χ0n) is 14.3. The number of sulfonamides is 1. The Bertz CT molecular complexity index is 780. The lowest BCUT2D eigenvalue weighted by molar-refractivity contribution is -0.143. The van der Waals surface area contributed by atoms with Crippen LogP contribution in [0.2, 0.25) is 0 Å². The molecule has 0 bridgehead atoms. The van der Waals surface area contributed by atoms with Crippen molar-refractivity contribution in [2.45, 2.75) is 31.1 Å². The Morgan fingerprint density at radius 1 is 1.20 bits per heavy atom. The number of benzene rings is 1. The summed E-state index contributed by atoms with van der Waals surface area (Å²) in [6.45, 7) is 2.21. The first-order valence-corrected chi connectivity index (χ1v) is 9.68. The highest BCUT2D eigenvalue weighted by molar-refractivity contribution is 7.89. The Morgan fingerprint density at radius 2 is 1.80 bits per heavy atom. The highest BCUT2D eigenvalue weighted by Gasteiger charge is 2.59. The summed E-state index contributed by atoms with van der Waals surface area (Å²) in [5, 5.41) is 2.61. The van der Waals surface area contributed by atoms with E-state index in [1.807, 2.05) is 0 Å². The van der Waals surface area contributed by atoms with Gasteiger partial charge >= 0.3 is 5.97 Å². The smallest absolute Gasteiger partial charge is 0.309 e. The van der Waals surface area contributed by atoms with E-state index < -0.39 is 10.0 Å². The first-order valence-electron chi connectivity index (χ1n) is 8.24. The molecule has 3 rings (SSSR count). The number of carbonyl (C=O) groups excluding carboxylic acids is 2. The standard InChI is InChI=1S/C17H22N2O5S/c1-12(20)18-13-3-5-14(6-4-13)25(22,23)19-9-7-17(8-10-19)11-15(17)16(21)24-2/h3-6,15H,7-11H2,1-2H3,(H,18,20)/t15-/m1/s1. The van der Waals surface area contributed by atoms with E-state index in [1.165, 1.54) is 30.5 Å². The van der Waals surface area contributed by atoms with Crippen molar-refractivity contribution < 1.29 is 22.7 Å². The predicted octanol–water partition coefficient (Wildman–Crippen LogP) is 1.61. The van der Waals surface area contributed by atoms with Crippen LogP contribution in [0.25, 0.3) is 0 Å². The summed E-state index contributed by atoms with van der Waals surface area (Å²) in [7, 11) is -2.18. The van der Waals surface area contributed by atoms with Gasteiger partial charge in [0, 0.05) is 25.7 Å². The van der Waals surface area contributed by atoms with Gasteiger partial charge in [0.25, 0.3) is 0 Å². The lowest BCUT2D eigenvalue weighted by Gasteiger charge is -2.31. The summed E-state index contributed by atoms with van der Waals surface area (Å²) in [5.74, 6) is -0.481. The van der Waals surface area contributed by atoms with E-state index in [0.29, 0.717) is 31.6 Å². The largest absolute Gasteiger partial charge is 0.469 e. The zero-order valence-corrected chi connectivity index (χ0v) is 15.1. The first kappa shape index (κ1) is 17.9. The molecule has 1 spiro atoms. The molecule has 1 atom stereocenters. The fourth-order valence-corrected chi connectivity index (χ4v) is 5.05. The maximum absolute atomic E-state index is 12.8. The van der Waals surface area contributed by atoms with Crippen LogP contribution in [0.1, 0.15) is 26.2 Å². The van der Waals surface area contributed by atoms with Crippen molar-refractivity contribution in [1.82, 2.24) is 4.31 Å². The van der Waals surface area contributed by atoms with Gasteiger partial charge in [-0.2, -0.15) is 4.31 Å². The second kappa shape index (κ2) is 6.42. The van der Waals surface area contributed by atoms with E-state index in [9.17, 15) is 18.0 Å². The number of ether oxygens (including phenoxy) is 1. The molecule has 1 saturated carbocycles. The van der Waals surface area contributed by atoms with Gasteiger partial charge in [-0.05, 0) is 48.9 Å². The van der Waals surface area contributed by atoms with Crippen molar-refractivity contribution in [3.8, 4) is 0 Å². The van der Waals surface area contributed by atoms with Crippen LogP contribution in [-0.4, -0.2) is 44.8 Å². The number of anilines is 1. The van der Waals surface area contributed by atoms with Gasteiger partial charge in [-0.1, -0.05) is 0 Å². The van der Waals surface area contributed by atoms with Gasteiger partial charge in [0.1, 0.15) is 0 Å². The molecule has 2 aliphatic rings. The molecule has 1 N–H and O–H groups in total. The summed E-state index contributed by atoms with van der Waals surface area (Å²) in [6.07, 6.45) is 2.14. The highest BCUT2D eigenvalue weighted by Crippen LogP contribution is 2.60. The normalized spacial score (nSPS) is 22.4. The molecular weight excluding hydrogens is 344 g/mol. The molecule has 7 nitrogen and oxygen atoms in total. The third kappa shape index (κ3) is 3.41. The molecule has 1 aliphatic carbocycles. The molecule has 0 unspecified atom stereocenters. The molecule has 25 heavy (non-hydrogen) atoms. The first-order chi connectivity index (χ1) is 11.8. The number of hydrogen-bond donors (Lipinski definition) is 1. The number of esters is 1.